The minimum Gasteiger partial charge on any atom is -0.481 e. The third-order valence-electron chi connectivity index (χ3n) is 2.24. The van der Waals surface area contributed by atoms with Crippen molar-refractivity contribution in [3.05, 3.63) is 30.3 Å². The smallest absolute Gasteiger partial charge is 0.321 e. The summed E-state index contributed by atoms with van der Waals surface area (Å²) in [6.45, 7) is 2.53. The molecule has 0 saturated heterocycles. The summed E-state index contributed by atoms with van der Waals surface area (Å²) in [4.78, 5) is 23.7. The molecule has 0 fully saturated rings. The van der Waals surface area contributed by atoms with E-state index in [9.17, 15) is 9.59 Å². The number of amides is 2. The molecule has 1 aromatic carbocycles. The van der Waals surface area contributed by atoms with Crippen molar-refractivity contribution >= 4 is 17.7 Å². The first-order chi connectivity index (χ1) is 8.15. The predicted octanol–water partition coefficient (Wildman–Crippen LogP) is 1.70. The quantitative estimate of drug-likeness (QED) is 0.817. The van der Waals surface area contributed by atoms with Crippen molar-refractivity contribution in [3.8, 4) is 0 Å². The fraction of sp³-hybridized carbons (Fsp3) is 0.333. The molecule has 0 aliphatic heterocycles. The molecule has 0 unspecified atom stereocenters. The minimum absolute atomic E-state index is 0.0713. The zero-order valence-corrected chi connectivity index (χ0v) is 9.72. The summed E-state index contributed by atoms with van der Waals surface area (Å²) < 4.78 is 0. The highest BCUT2D eigenvalue weighted by atomic mass is 16.4. The van der Waals surface area contributed by atoms with Gasteiger partial charge in [0.05, 0.1) is 6.42 Å². The number of carboxylic acids is 1. The van der Waals surface area contributed by atoms with Crippen LogP contribution in [0.4, 0.5) is 10.5 Å². The number of para-hydroxylation sites is 1. The molecule has 2 N–H and O–H groups in total. The lowest BCUT2D eigenvalue weighted by Crippen LogP contribution is -2.40. The van der Waals surface area contributed by atoms with Crippen LogP contribution in [-0.2, 0) is 4.79 Å². The van der Waals surface area contributed by atoms with E-state index in [2.05, 4.69) is 5.32 Å². The van der Waals surface area contributed by atoms with Crippen molar-refractivity contribution in [3.63, 3.8) is 0 Å². The zero-order valence-electron chi connectivity index (χ0n) is 9.72. The van der Waals surface area contributed by atoms with Gasteiger partial charge in [-0.25, -0.2) is 4.79 Å². The van der Waals surface area contributed by atoms with E-state index in [0.717, 1.165) is 5.69 Å². The van der Waals surface area contributed by atoms with Crippen LogP contribution in [0.3, 0.4) is 0 Å². The Kier molecular flexibility index (Phi) is 5.00. The molecule has 1 aromatic rings. The first-order valence-electron chi connectivity index (χ1n) is 5.47. The summed E-state index contributed by atoms with van der Waals surface area (Å²) in [6.07, 6.45) is -0.0713. The van der Waals surface area contributed by atoms with Gasteiger partial charge in [0.15, 0.2) is 0 Å². The average molecular weight is 236 g/mol. The van der Waals surface area contributed by atoms with Gasteiger partial charge in [0.1, 0.15) is 0 Å². The molecule has 0 spiro atoms. The molecule has 0 aliphatic carbocycles. The number of urea groups is 1. The van der Waals surface area contributed by atoms with Crippen molar-refractivity contribution < 1.29 is 14.7 Å². The number of nitrogens with zero attached hydrogens (tertiary/aromatic N) is 1. The van der Waals surface area contributed by atoms with Gasteiger partial charge in [0.25, 0.3) is 0 Å². The number of benzene rings is 1. The van der Waals surface area contributed by atoms with Crippen molar-refractivity contribution in [1.29, 1.82) is 0 Å². The van der Waals surface area contributed by atoms with Crippen LogP contribution in [0, 0.1) is 0 Å². The van der Waals surface area contributed by atoms with Gasteiger partial charge in [-0.2, -0.15) is 0 Å². The van der Waals surface area contributed by atoms with E-state index in [-0.39, 0.29) is 19.0 Å². The van der Waals surface area contributed by atoms with Gasteiger partial charge in [-0.05, 0) is 19.1 Å². The lowest BCUT2D eigenvalue weighted by Gasteiger charge is -2.21. The number of carboxylic acid groups (broad SMARTS) is 1. The minimum atomic E-state index is -0.923. The number of nitrogens with one attached hydrogen (secondary N) is 1. The third-order valence-corrected chi connectivity index (χ3v) is 2.24. The summed E-state index contributed by atoms with van der Waals surface area (Å²) >= 11 is 0. The van der Waals surface area contributed by atoms with E-state index in [1.165, 1.54) is 0 Å². The molecule has 1 rings (SSSR count). The van der Waals surface area contributed by atoms with Gasteiger partial charge in [0.2, 0.25) is 0 Å². The Labute approximate surface area is 100 Å². The van der Waals surface area contributed by atoms with E-state index in [1.54, 1.807) is 4.90 Å². The molecule has 0 saturated carbocycles. The van der Waals surface area contributed by atoms with Gasteiger partial charge in [-0.1, -0.05) is 18.2 Å². The summed E-state index contributed by atoms with van der Waals surface area (Å²) in [6, 6.07) is 8.96. The largest absolute Gasteiger partial charge is 0.481 e. The topological polar surface area (TPSA) is 69.6 Å². The lowest BCUT2D eigenvalue weighted by molar-refractivity contribution is -0.136. The molecule has 0 aliphatic rings. The molecule has 92 valence electrons. The van der Waals surface area contributed by atoms with Crippen LogP contribution in [0.5, 0.6) is 0 Å². The normalized spacial score (nSPS) is 9.71. The van der Waals surface area contributed by atoms with Crippen molar-refractivity contribution in [2.24, 2.45) is 0 Å². The number of anilines is 1. The number of aliphatic carboxylic acids is 1. The standard InChI is InChI=1S/C12H16N2O3/c1-2-14(10-6-4-3-5-7-10)12(17)13-9-8-11(15)16/h3-7H,2,8-9H2,1H3,(H,13,17)(H,15,16). The second-order valence-electron chi connectivity index (χ2n) is 3.46. The summed E-state index contributed by atoms with van der Waals surface area (Å²) in [7, 11) is 0. The highest BCUT2D eigenvalue weighted by Gasteiger charge is 2.12. The molecule has 0 radical (unpaired) electrons. The SMILES string of the molecule is CCN(C(=O)NCCC(=O)O)c1ccccc1. The number of carbonyl (C=O) groups is 2. The Morgan fingerprint density at radius 3 is 2.47 bits per heavy atom. The maximum absolute atomic E-state index is 11.8. The molecular weight excluding hydrogens is 220 g/mol. The first-order valence-corrected chi connectivity index (χ1v) is 5.47. The van der Waals surface area contributed by atoms with Crippen LogP contribution in [0.2, 0.25) is 0 Å². The highest BCUT2D eigenvalue weighted by Crippen LogP contribution is 2.12. The van der Waals surface area contributed by atoms with Gasteiger partial charge in [-0.15, -0.1) is 0 Å². The number of carbonyl (C=O) groups excluding carboxylic acids is 1. The Balaban J connectivity index is 2.56. The van der Waals surface area contributed by atoms with Gasteiger partial charge in [-0.3, -0.25) is 9.69 Å². The Morgan fingerprint density at radius 1 is 1.29 bits per heavy atom. The summed E-state index contributed by atoms with van der Waals surface area (Å²) in [5.74, 6) is -0.923. The summed E-state index contributed by atoms with van der Waals surface area (Å²) in [5, 5.41) is 11.0. The molecule has 0 bridgehead atoms. The van der Waals surface area contributed by atoms with Crippen molar-refractivity contribution in [2.75, 3.05) is 18.0 Å². The van der Waals surface area contributed by atoms with Gasteiger partial charge in [0, 0.05) is 18.8 Å². The summed E-state index contributed by atoms with van der Waals surface area (Å²) in [5.41, 5.74) is 0.794. The van der Waals surface area contributed by atoms with Crippen LogP contribution in [0.1, 0.15) is 13.3 Å². The van der Waals surface area contributed by atoms with Crippen molar-refractivity contribution in [1.82, 2.24) is 5.32 Å². The molecule has 17 heavy (non-hydrogen) atoms. The van der Waals surface area contributed by atoms with Crippen LogP contribution in [0.15, 0.2) is 30.3 Å². The maximum atomic E-state index is 11.8. The molecule has 5 heteroatoms. The number of rotatable bonds is 5. The lowest BCUT2D eigenvalue weighted by atomic mass is 10.3. The molecule has 0 heterocycles. The fourth-order valence-corrected chi connectivity index (χ4v) is 1.42. The van der Waals surface area contributed by atoms with Crippen molar-refractivity contribution in [2.45, 2.75) is 13.3 Å². The molecular formula is C12H16N2O3. The Hall–Kier alpha value is -2.04. The van der Waals surface area contributed by atoms with Crippen LogP contribution in [0.25, 0.3) is 0 Å². The molecule has 0 atom stereocenters. The molecule has 5 nitrogen and oxygen atoms in total. The van der Waals surface area contributed by atoms with E-state index >= 15 is 0 Å². The second-order valence-corrected chi connectivity index (χ2v) is 3.46. The van der Waals surface area contributed by atoms with Gasteiger partial charge >= 0.3 is 12.0 Å². The van der Waals surface area contributed by atoms with Crippen LogP contribution in [-0.4, -0.2) is 30.2 Å². The zero-order chi connectivity index (χ0) is 12.7. The second kappa shape index (κ2) is 6.52. The average Bonchev–Trinajstić information content (AvgIpc) is 2.31. The third kappa shape index (κ3) is 4.14. The first kappa shape index (κ1) is 13.0. The fourth-order valence-electron chi connectivity index (χ4n) is 1.42. The van der Waals surface area contributed by atoms with Gasteiger partial charge < -0.3 is 10.4 Å². The monoisotopic (exact) mass is 236 g/mol. The highest BCUT2D eigenvalue weighted by molar-refractivity contribution is 5.92. The van der Waals surface area contributed by atoms with E-state index in [1.807, 2.05) is 37.3 Å². The Morgan fingerprint density at radius 2 is 1.94 bits per heavy atom. The predicted molar refractivity (Wildman–Crippen MR) is 65.1 cm³/mol. The van der Waals surface area contributed by atoms with E-state index in [0.29, 0.717) is 6.54 Å². The number of hydrogen-bond donors (Lipinski definition) is 2. The molecule has 0 aromatic heterocycles. The Bertz CT molecular complexity index is 379. The van der Waals surface area contributed by atoms with Crippen LogP contribution >= 0.6 is 0 Å². The molecule has 2 amide bonds. The number of hydrogen-bond acceptors (Lipinski definition) is 2. The van der Waals surface area contributed by atoms with E-state index < -0.39 is 5.97 Å². The van der Waals surface area contributed by atoms with Crippen LogP contribution < -0.4 is 10.2 Å². The van der Waals surface area contributed by atoms with E-state index in [4.69, 9.17) is 5.11 Å². The maximum Gasteiger partial charge on any atom is 0.321 e.